The van der Waals surface area contributed by atoms with Gasteiger partial charge in [-0.15, -0.1) is 0 Å². The molecule has 0 saturated heterocycles. The molecule has 0 spiro atoms. The maximum atomic E-state index is 12.8. The number of guanidine groups is 1. The van der Waals surface area contributed by atoms with Crippen LogP contribution < -0.4 is 11.5 Å². The van der Waals surface area contributed by atoms with Gasteiger partial charge in [0.2, 0.25) is 5.91 Å². The van der Waals surface area contributed by atoms with Crippen LogP contribution in [0.15, 0.2) is 59.6 Å². The molecule has 0 bridgehead atoms. The zero-order chi connectivity index (χ0) is 28.1. The van der Waals surface area contributed by atoms with Crippen molar-refractivity contribution in [3.63, 3.8) is 0 Å². The lowest BCUT2D eigenvalue weighted by Crippen LogP contribution is -2.41. The van der Waals surface area contributed by atoms with E-state index in [1.165, 1.54) is 24.8 Å². The predicted octanol–water partition coefficient (Wildman–Crippen LogP) is 5.02. The number of amides is 1. The van der Waals surface area contributed by atoms with Crippen LogP contribution in [-0.4, -0.2) is 40.1 Å². The summed E-state index contributed by atoms with van der Waals surface area (Å²) in [5, 5.41) is 7.12. The van der Waals surface area contributed by atoms with Crippen molar-refractivity contribution in [2.45, 2.75) is 77.2 Å². The molecule has 3 rings (SSSR count). The van der Waals surface area contributed by atoms with Crippen LogP contribution in [-0.2, 0) is 29.1 Å². The Morgan fingerprint density at radius 1 is 0.974 bits per heavy atom. The maximum Gasteiger partial charge on any atom is 0.490 e. The molecule has 5 N–H and O–H groups in total. The van der Waals surface area contributed by atoms with E-state index in [0.717, 1.165) is 36.3 Å². The number of carboxylic acid groups (broad SMARTS) is 1. The maximum absolute atomic E-state index is 12.8. The molecule has 0 atom stereocenters. The van der Waals surface area contributed by atoms with Crippen molar-refractivity contribution in [3.05, 3.63) is 71.3 Å². The quantitative estimate of drug-likeness (QED) is 0.308. The number of nitrogens with two attached hydrogens (primary N) is 2. The van der Waals surface area contributed by atoms with Crippen molar-refractivity contribution in [1.82, 2.24) is 4.90 Å². The van der Waals surface area contributed by atoms with Crippen LogP contribution in [0.25, 0.3) is 0 Å². The first-order valence-corrected chi connectivity index (χ1v) is 12.8. The summed E-state index contributed by atoms with van der Waals surface area (Å²) < 4.78 is 31.7. The molecule has 0 aliphatic heterocycles. The van der Waals surface area contributed by atoms with Crippen LogP contribution in [0.3, 0.4) is 0 Å². The van der Waals surface area contributed by atoms with Gasteiger partial charge in [0.05, 0.1) is 6.54 Å². The fraction of sp³-hybridized carbons (Fsp3) is 0.464. The molecule has 1 saturated carbocycles. The van der Waals surface area contributed by atoms with Crippen LogP contribution in [0.2, 0.25) is 0 Å². The lowest BCUT2D eigenvalue weighted by Gasteiger charge is -2.37. The number of carbonyl (C=O) groups is 2. The number of carbonyl (C=O) groups excluding carboxylic acids is 1. The molecule has 10 heteroatoms. The van der Waals surface area contributed by atoms with Crippen molar-refractivity contribution < 1.29 is 27.9 Å². The smallest absolute Gasteiger partial charge is 0.475 e. The second-order valence-electron chi connectivity index (χ2n) is 9.44. The number of aliphatic carboxylic acids is 1. The zero-order valence-electron chi connectivity index (χ0n) is 21.7. The summed E-state index contributed by atoms with van der Waals surface area (Å²) in [5.41, 5.74) is 14.5. The highest BCUT2D eigenvalue weighted by atomic mass is 19.4. The van der Waals surface area contributed by atoms with Gasteiger partial charge in [0.25, 0.3) is 0 Å². The molecular weight excluding hydrogens is 497 g/mol. The average Bonchev–Trinajstić information content (AvgIpc) is 2.90. The third-order valence-corrected chi connectivity index (χ3v) is 6.59. The zero-order valence-corrected chi connectivity index (χ0v) is 21.7. The van der Waals surface area contributed by atoms with Crippen LogP contribution in [0.4, 0.5) is 13.2 Å². The largest absolute Gasteiger partial charge is 0.490 e. The summed E-state index contributed by atoms with van der Waals surface area (Å²) in [6, 6.07) is 19.3. The molecule has 7 nitrogen and oxygen atoms in total. The monoisotopic (exact) mass is 534 g/mol. The van der Waals surface area contributed by atoms with Crippen LogP contribution in [0, 0.1) is 5.92 Å². The predicted molar refractivity (Wildman–Crippen MR) is 141 cm³/mol. The van der Waals surface area contributed by atoms with E-state index < -0.39 is 12.1 Å². The van der Waals surface area contributed by atoms with Gasteiger partial charge in [0.15, 0.2) is 5.96 Å². The topological polar surface area (TPSA) is 122 Å². The molecule has 0 radical (unpaired) electrons. The van der Waals surface area contributed by atoms with E-state index in [0.29, 0.717) is 25.6 Å². The minimum absolute atomic E-state index is 0.0946. The molecule has 38 heavy (non-hydrogen) atoms. The highest BCUT2D eigenvalue weighted by molar-refractivity contribution is 5.76. The van der Waals surface area contributed by atoms with E-state index in [2.05, 4.69) is 52.4 Å². The molecule has 1 aliphatic rings. The SMILES string of the molecule is CCC(=O)N(Cc1cccc(CN=C(N)N)c1)C1CCC(CCc2ccccc2)CC1.O=C(O)C(F)(F)F. The average molecular weight is 535 g/mol. The van der Waals surface area contributed by atoms with Crippen molar-refractivity contribution in [2.75, 3.05) is 0 Å². The number of hydrogen-bond donors (Lipinski definition) is 3. The van der Waals surface area contributed by atoms with E-state index >= 15 is 0 Å². The van der Waals surface area contributed by atoms with Gasteiger partial charge in [0.1, 0.15) is 0 Å². The Bertz CT molecular complexity index is 1050. The number of alkyl halides is 3. The molecule has 208 valence electrons. The molecule has 1 aliphatic carbocycles. The number of rotatable bonds is 9. The van der Waals surface area contributed by atoms with Crippen LogP contribution >= 0.6 is 0 Å². The fourth-order valence-corrected chi connectivity index (χ4v) is 4.59. The molecule has 2 aromatic rings. The third kappa shape index (κ3) is 10.8. The highest BCUT2D eigenvalue weighted by Gasteiger charge is 2.38. The van der Waals surface area contributed by atoms with Crippen molar-refractivity contribution in [2.24, 2.45) is 22.4 Å². The van der Waals surface area contributed by atoms with E-state index in [9.17, 15) is 18.0 Å². The van der Waals surface area contributed by atoms with Crippen molar-refractivity contribution in [1.29, 1.82) is 0 Å². The number of hydrogen-bond acceptors (Lipinski definition) is 3. The lowest BCUT2D eigenvalue weighted by molar-refractivity contribution is -0.192. The van der Waals surface area contributed by atoms with E-state index in [1.807, 2.05) is 19.1 Å². The van der Waals surface area contributed by atoms with Crippen molar-refractivity contribution in [3.8, 4) is 0 Å². The summed E-state index contributed by atoms with van der Waals surface area (Å²) in [6.07, 6.45) is 2.45. The molecule has 1 fully saturated rings. The van der Waals surface area contributed by atoms with E-state index in [1.54, 1.807) is 0 Å². The second-order valence-corrected chi connectivity index (χ2v) is 9.44. The van der Waals surface area contributed by atoms with Gasteiger partial charge >= 0.3 is 12.1 Å². The Balaban J connectivity index is 0.000000638. The van der Waals surface area contributed by atoms with Gasteiger partial charge < -0.3 is 21.5 Å². The highest BCUT2D eigenvalue weighted by Crippen LogP contribution is 2.32. The Kier molecular flexibility index (Phi) is 12.1. The minimum Gasteiger partial charge on any atom is -0.475 e. The number of aryl methyl sites for hydroxylation is 1. The second kappa shape index (κ2) is 15.0. The molecule has 2 aromatic carbocycles. The first kappa shape index (κ1) is 30.7. The summed E-state index contributed by atoms with van der Waals surface area (Å²) >= 11 is 0. The molecule has 1 amide bonds. The fourth-order valence-electron chi connectivity index (χ4n) is 4.59. The summed E-state index contributed by atoms with van der Waals surface area (Å²) in [7, 11) is 0. The van der Waals surface area contributed by atoms with Crippen LogP contribution in [0.1, 0.15) is 62.1 Å². The standard InChI is InChI=1S/C26H36N4O.C2HF3O2/c1-2-25(31)30(19-23-10-6-9-22(17-23)18-29-26(27)28)24-15-13-21(14-16-24)12-11-20-7-4-3-5-8-20;3-2(4,5)1(6)7/h3-10,17,21,24H,2,11-16,18-19H2,1H3,(H4,27,28,29);(H,6,7). The Hall–Kier alpha value is -3.56. The number of carboxylic acids is 1. The van der Waals surface area contributed by atoms with E-state index in [-0.39, 0.29) is 11.9 Å². The van der Waals surface area contributed by atoms with Gasteiger partial charge in [-0.2, -0.15) is 13.2 Å². The summed E-state index contributed by atoms with van der Waals surface area (Å²) in [4.78, 5) is 27.9. The minimum atomic E-state index is -5.08. The molecular formula is C28H37F3N4O3. The van der Waals surface area contributed by atoms with Crippen molar-refractivity contribution >= 4 is 17.8 Å². The third-order valence-electron chi connectivity index (χ3n) is 6.59. The molecule has 0 heterocycles. The van der Waals surface area contributed by atoms with Gasteiger partial charge in [0, 0.05) is 19.0 Å². The normalized spacial score (nSPS) is 17.1. The van der Waals surface area contributed by atoms with Gasteiger partial charge in [-0.3, -0.25) is 4.79 Å². The molecule has 0 aromatic heterocycles. The molecule has 0 unspecified atom stereocenters. The Morgan fingerprint density at radius 3 is 2.11 bits per heavy atom. The number of halogens is 3. The summed E-state index contributed by atoms with van der Waals surface area (Å²) in [5.74, 6) is -1.66. The Morgan fingerprint density at radius 2 is 1.55 bits per heavy atom. The van der Waals surface area contributed by atoms with Gasteiger partial charge in [-0.25, -0.2) is 9.79 Å². The van der Waals surface area contributed by atoms with Gasteiger partial charge in [-0.05, 0) is 61.1 Å². The van der Waals surface area contributed by atoms with E-state index in [4.69, 9.17) is 21.4 Å². The van der Waals surface area contributed by atoms with Crippen LogP contribution in [0.5, 0.6) is 0 Å². The summed E-state index contributed by atoms with van der Waals surface area (Å²) in [6.45, 7) is 3.07. The number of aliphatic imine (C=N–C) groups is 1. The number of nitrogens with zero attached hydrogens (tertiary/aromatic N) is 2. The number of benzene rings is 2. The van der Waals surface area contributed by atoms with Gasteiger partial charge in [-0.1, -0.05) is 61.5 Å². The first-order valence-electron chi connectivity index (χ1n) is 12.8. The first-order chi connectivity index (χ1) is 18.0. The Labute approximate surface area is 221 Å². The lowest BCUT2D eigenvalue weighted by atomic mass is 9.82.